The summed E-state index contributed by atoms with van der Waals surface area (Å²) < 4.78 is 1.10. The van der Waals surface area contributed by atoms with Gasteiger partial charge in [0.2, 0.25) is 0 Å². The Morgan fingerprint density at radius 3 is 3.00 bits per heavy atom. The summed E-state index contributed by atoms with van der Waals surface area (Å²) in [6, 6.07) is 2.05. The molecule has 0 spiro atoms. The van der Waals surface area contributed by atoms with Crippen molar-refractivity contribution in [1.82, 2.24) is 5.32 Å². The van der Waals surface area contributed by atoms with E-state index in [1.807, 2.05) is 5.38 Å². The zero-order chi connectivity index (χ0) is 8.97. The summed E-state index contributed by atoms with van der Waals surface area (Å²) in [5.41, 5.74) is 0. The number of ketones is 1. The van der Waals surface area contributed by atoms with Crippen molar-refractivity contribution in [1.29, 1.82) is 0 Å². The highest BCUT2D eigenvalue weighted by Gasteiger charge is 1.97. The quantitative estimate of drug-likeness (QED) is 0.884. The van der Waals surface area contributed by atoms with E-state index in [1.54, 1.807) is 18.3 Å². The van der Waals surface area contributed by atoms with E-state index < -0.39 is 0 Å². The van der Waals surface area contributed by atoms with Crippen molar-refractivity contribution in [3.63, 3.8) is 0 Å². The molecule has 0 unspecified atom stereocenters. The minimum absolute atomic E-state index is 0.172. The maximum atomic E-state index is 10.6. The van der Waals surface area contributed by atoms with Crippen LogP contribution in [0.25, 0.3) is 0 Å². The Labute approximate surface area is 84.1 Å². The Bertz CT molecular complexity index is 272. The molecule has 0 saturated carbocycles. The Balaban J connectivity index is 2.29. The third-order valence-electron chi connectivity index (χ3n) is 1.29. The van der Waals surface area contributed by atoms with E-state index in [1.165, 1.54) is 4.88 Å². The minimum atomic E-state index is 0.172. The Morgan fingerprint density at radius 1 is 1.75 bits per heavy atom. The second-order valence-electron chi connectivity index (χ2n) is 2.54. The lowest BCUT2D eigenvalue weighted by atomic mass is 10.4. The monoisotopic (exact) mass is 247 g/mol. The third kappa shape index (κ3) is 3.47. The van der Waals surface area contributed by atoms with Crippen molar-refractivity contribution in [3.8, 4) is 0 Å². The molecule has 0 bridgehead atoms. The standard InChI is InChI=1S/C8H10BrNOS/c1-6(11)3-10-4-8-2-7(9)5-12-8/h2,5,10H,3-4H2,1H3. The zero-order valence-electron chi connectivity index (χ0n) is 6.76. The zero-order valence-corrected chi connectivity index (χ0v) is 9.17. The SMILES string of the molecule is CC(=O)CNCc1cc(Br)cs1. The molecule has 1 aromatic heterocycles. The highest BCUT2D eigenvalue weighted by atomic mass is 79.9. The van der Waals surface area contributed by atoms with E-state index in [4.69, 9.17) is 0 Å². The topological polar surface area (TPSA) is 29.1 Å². The van der Waals surface area contributed by atoms with E-state index in [-0.39, 0.29) is 5.78 Å². The average molecular weight is 248 g/mol. The predicted octanol–water partition coefficient (Wildman–Crippen LogP) is 2.19. The number of halogens is 1. The van der Waals surface area contributed by atoms with Crippen molar-refractivity contribution in [2.24, 2.45) is 0 Å². The summed E-state index contributed by atoms with van der Waals surface area (Å²) in [5, 5.41) is 5.09. The van der Waals surface area contributed by atoms with E-state index in [2.05, 4.69) is 27.3 Å². The van der Waals surface area contributed by atoms with Crippen molar-refractivity contribution in [2.45, 2.75) is 13.5 Å². The number of Topliss-reactive ketones (excluding diaryl/α,β-unsaturated/α-hetero) is 1. The first kappa shape index (κ1) is 9.89. The summed E-state index contributed by atoms with van der Waals surface area (Å²) >= 11 is 5.05. The molecule has 1 N–H and O–H groups in total. The molecule has 0 aliphatic heterocycles. The van der Waals surface area contributed by atoms with Gasteiger partial charge in [0, 0.05) is 21.3 Å². The van der Waals surface area contributed by atoms with Crippen LogP contribution in [0, 0.1) is 0 Å². The number of hydrogen-bond donors (Lipinski definition) is 1. The first-order valence-corrected chi connectivity index (χ1v) is 5.29. The first-order valence-electron chi connectivity index (χ1n) is 3.61. The number of carbonyl (C=O) groups excluding carboxylic acids is 1. The maximum absolute atomic E-state index is 10.6. The van der Waals surface area contributed by atoms with Gasteiger partial charge in [-0.3, -0.25) is 4.79 Å². The molecule has 0 amide bonds. The van der Waals surface area contributed by atoms with Crippen molar-refractivity contribution in [2.75, 3.05) is 6.54 Å². The molecular weight excluding hydrogens is 238 g/mol. The lowest BCUT2D eigenvalue weighted by molar-refractivity contribution is -0.116. The molecule has 0 aliphatic rings. The van der Waals surface area contributed by atoms with Crippen LogP contribution in [-0.4, -0.2) is 12.3 Å². The van der Waals surface area contributed by atoms with Gasteiger partial charge in [-0.05, 0) is 28.9 Å². The fraction of sp³-hybridized carbons (Fsp3) is 0.375. The molecular formula is C8H10BrNOS. The maximum Gasteiger partial charge on any atom is 0.143 e. The van der Waals surface area contributed by atoms with E-state index in [0.717, 1.165) is 11.0 Å². The molecule has 1 aromatic rings. The third-order valence-corrected chi connectivity index (χ3v) is 2.99. The Morgan fingerprint density at radius 2 is 2.50 bits per heavy atom. The lowest BCUT2D eigenvalue weighted by Gasteiger charge is -1.97. The molecule has 1 heterocycles. The van der Waals surface area contributed by atoms with Crippen LogP contribution >= 0.6 is 27.3 Å². The van der Waals surface area contributed by atoms with E-state index >= 15 is 0 Å². The molecule has 0 radical (unpaired) electrons. The van der Waals surface area contributed by atoms with E-state index in [0.29, 0.717) is 6.54 Å². The van der Waals surface area contributed by atoms with Gasteiger partial charge in [-0.1, -0.05) is 0 Å². The number of thiophene rings is 1. The molecule has 66 valence electrons. The largest absolute Gasteiger partial charge is 0.305 e. The first-order chi connectivity index (χ1) is 5.68. The van der Waals surface area contributed by atoms with Gasteiger partial charge >= 0.3 is 0 Å². The molecule has 0 aliphatic carbocycles. The van der Waals surface area contributed by atoms with Crippen molar-refractivity contribution >= 4 is 33.0 Å². The highest BCUT2D eigenvalue weighted by Crippen LogP contribution is 2.19. The number of carbonyl (C=O) groups is 1. The van der Waals surface area contributed by atoms with Crippen LogP contribution in [0.4, 0.5) is 0 Å². The highest BCUT2D eigenvalue weighted by molar-refractivity contribution is 9.10. The summed E-state index contributed by atoms with van der Waals surface area (Å²) in [5.74, 6) is 0.172. The second kappa shape index (κ2) is 4.74. The fourth-order valence-corrected chi connectivity index (χ4v) is 2.23. The van der Waals surface area contributed by atoms with Crippen LogP contribution in [0.3, 0.4) is 0 Å². The van der Waals surface area contributed by atoms with Crippen LogP contribution in [0.1, 0.15) is 11.8 Å². The molecule has 2 nitrogen and oxygen atoms in total. The molecule has 1 rings (SSSR count). The molecule has 0 atom stereocenters. The van der Waals surface area contributed by atoms with Crippen molar-refractivity contribution in [3.05, 3.63) is 20.8 Å². The Kier molecular flexibility index (Phi) is 3.91. The van der Waals surface area contributed by atoms with Gasteiger partial charge in [0.05, 0.1) is 6.54 Å². The van der Waals surface area contributed by atoms with Gasteiger partial charge in [-0.25, -0.2) is 0 Å². The van der Waals surface area contributed by atoms with Crippen LogP contribution in [0.5, 0.6) is 0 Å². The molecule has 0 fully saturated rings. The van der Waals surface area contributed by atoms with Gasteiger partial charge in [0.15, 0.2) is 0 Å². The molecule has 4 heteroatoms. The summed E-state index contributed by atoms with van der Waals surface area (Å²) in [7, 11) is 0. The number of rotatable bonds is 4. The predicted molar refractivity (Wildman–Crippen MR) is 54.4 cm³/mol. The summed E-state index contributed by atoms with van der Waals surface area (Å²) in [6.07, 6.45) is 0. The van der Waals surface area contributed by atoms with Gasteiger partial charge in [-0.2, -0.15) is 0 Å². The van der Waals surface area contributed by atoms with Crippen LogP contribution in [-0.2, 0) is 11.3 Å². The fourth-order valence-electron chi connectivity index (χ4n) is 0.808. The Hall–Kier alpha value is -0.190. The lowest BCUT2D eigenvalue weighted by Crippen LogP contribution is -2.19. The molecule has 0 aromatic carbocycles. The van der Waals surface area contributed by atoms with Gasteiger partial charge in [0.1, 0.15) is 5.78 Å². The second-order valence-corrected chi connectivity index (χ2v) is 4.45. The van der Waals surface area contributed by atoms with Gasteiger partial charge in [-0.15, -0.1) is 11.3 Å². The van der Waals surface area contributed by atoms with Crippen LogP contribution in [0.15, 0.2) is 15.9 Å². The van der Waals surface area contributed by atoms with Crippen LogP contribution in [0.2, 0.25) is 0 Å². The normalized spacial score (nSPS) is 10.2. The van der Waals surface area contributed by atoms with Gasteiger partial charge < -0.3 is 5.32 Å². The van der Waals surface area contributed by atoms with E-state index in [9.17, 15) is 4.79 Å². The average Bonchev–Trinajstić information content (AvgIpc) is 2.35. The summed E-state index contributed by atoms with van der Waals surface area (Å²) in [4.78, 5) is 11.8. The molecule has 0 saturated heterocycles. The molecule has 12 heavy (non-hydrogen) atoms. The van der Waals surface area contributed by atoms with Gasteiger partial charge in [0.25, 0.3) is 0 Å². The van der Waals surface area contributed by atoms with Crippen molar-refractivity contribution < 1.29 is 4.79 Å². The number of hydrogen-bond acceptors (Lipinski definition) is 3. The van der Waals surface area contributed by atoms with Crippen LogP contribution < -0.4 is 5.32 Å². The summed E-state index contributed by atoms with van der Waals surface area (Å²) in [6.45, 7) is 2.81. The smallest absolute Gasteiger partial charge is 0.143 e. The number of nitrogens with one attached hydrogen (secondary N) is 1. The minimum Gasteiger partial charge on any atom is -0.305 e.